The first-order chi connectivity index (χ1) is 18.5. The van der Waals surface area contributed by atoms with E-state index in [1.807, 2.05) is 6.92 Å². The van der Waals surface area contributed by atoms with Gasteiger partial charge in [-0.2, -0.15) is 8.42 Å². The number of nitro groups is 1. The minimum Gasteiger partial charge on any atom is -0.490 e. The highest BCUT2D eigenvalue weighted by atomic mass is 32.2. The van der Waals surface area contributed by atoms with E-state index in [9.17, 15) is 32.9 Å². The predicted octanol–water partition coefficient (Wildman–Crippen LogP) is 3.74. The summed E-state index contributed by atoms with van der Waals surface area (Å²) in [6.45, 7) is 3.65. The summed E-state index contributed by atoms with van der Waals surface area (Å²) in [5, 5.41) is 13.0. The van der Waals surface area contributed by atoms with Crippen molar-refractivity contribution in [3.8, 4) is 11.5 Å². The van der Waals surface area contributed by atoms with Gasteiger partial charge >= 0.3 is 16.1 Å². The quantitative estimate of drug-likeness (QED) is 0.144. The summed E-state index contributed by atoms with van der Waals surface area (Å²) >= 11 is 0. The third kappa shape index (κ3) is 5.78. The first-order valence-electron chi connectivity index (χ1n) is 11.4. The largest absolute Gasteiger partial charge is 0.490 e. The van der Waals surface area contributed by atoms with Crippen molar-refractivity contribution in [3.63, 3.8) is 0 Å². The van der Waals surface area contributed by atoms with Crippen LogP contribution in [0.4, 0.5) is 16.2 Å². The molecule has 0 unspecified atom stereocenters. The van der Waals surface area contributed by atoms with Crippen LogP contribution in [0.5, 0.6) is 11.5 Å². The Morgan fingerprint density at radius 1 is 0.974 bits per heavy atom. The maximum atomic E-state index is 13.1. The van der Waals surface area contributed by atoms with Crippen molar-refractivity contribution in [1.29, 1.82) is 0 Å². The molecule has 13 heteroatoms. The second-order valence-electron chi connectivity index (χ2n) is 8.22. The average Bonchev–Trinajstić information content (AvgIpc) is 2.88. The summed E-state index contributed by atoms with van der Waals surface area (Å²) in [5.74, 6) is -1.99. The van der Waals surface area contributed by atoms with Crippen molar-refractivity contribution in [2.75, 3.05) is 11.5 Å². The van der Waals surface area contributed by atoms with E-state index < -0.39 is 38.5 Å². The molecule has 0 radical (unpaired) electrons. The van der Waals surface area contributed by atoms with Gasteiger partial charge in [0.1, 0.15) is 10.5 Å². The summed E-state index contributed by atoms with van der Waals surface area (Å²) in [4.78, 5) is 48.9. The van der Waals surface area contributed by atoms with E-state index >= 15 is 0 Å². The number of nitro benzene ring substituents is 1. The molecule has 1 heterocycles. The van der Waals surface area contributed by atoms with Gasteiger partial charge in [0.15, 0.2) is 11.5 Å². The molecule has 0 saturated carbocycles. The van der Waals surface area contributed by atoms with Crippen LogP contribution in [-0.4, -0.2) is 37.8 Å². The standard InChI is InChI=1S/C26H21N3O9S/c1-3-37-23-15-17(6-13-22(23)38-39(35,36)20-11-4-16(2)5-12-20)14-21-24(30)27-26(32)28(25(21)31)18-7-9-19(10-8-18)29(33)34/h4-15H,3H2,1-2H3,(H,27,30,32)/b21-14+. The van der Waals surface area contributed by atoms with E-state index in [1.165, 1.54) is 48.5 Å². The molecule has 1 saturated heterocycles. The molecule has 1 aliphatic rings. The fraction of sp³-hybridized carbons (Fsp3) is 0.115. The number of hydrogen-bond donors (Lipinski definition) is 1. The van der Waals surface area contributed by atoms with Crippen molar-refractivity contribution < 1.29 is 36.6 Å². The Morgan fingerprint density at radius 3 is 2.26 bits per heavy atom. The number of rotatable bonds is 8. The van der Waals surface area contributed by atoms with Crippen LogP contribution in [0.15, 0.2) is 77.2 Å². The van der Waals surface area contributed by atoms with Crippen molar-refractivity contribution in [3.05, 3.63) is 93.5 Å². The zero-order valence-electron chi connectivity index (χ0n) is 20.6. The predicted molar refractivity (Wildman–Crippen MR) is 139 cm³/mol. The number of aryl methyl sites for hydroxylation is 1. The number of barbiturate groups is 1. The molecule has 1 aliphatic heterocycles. The fourth-order valence-corrected chi connectivity index (χ4v) is 4.54. The molecule has 12 nitrogen and oxygen atoms in total. The van der Waals surface area contributed by atoms with E-state index in [1.54, 1.807) is 19.1 Å². The number of nitrogens with one attached hydrogen (secondary N) is 1. The molecular formula is C26H21N3O9S. The third-order valence-corrected chi connectivity index (χ3v) is 6.76. The number of carbonyl (C=O) groups excluding carboxylic acids is 3. The molecule has 4 amide bonds. The highest BCUT2D eigenvalue weighted by Gasteiger charge is 2.37. The van der Waals surface area contributed by atoms with Gasteiger partial charge in [-0.1, -0.05) is 23.8 Å². The number of hydrogen-bond acceptors (Lipinski definition) is 9. The van der Waals surface area contributed by atoms with Crippen LogP contribution >= 0.6 is 0 Å². The van der Waals surface area contributed by atoms with Gasteiger partial charge < -0.3 is 8.92 Å². The highest BCUT2D eigenvalue weighted by molar-refractivity contribution is 7.87. The maximum absolute atomic E-state index is 13.1. The molecule has 0 aromatic heterocycles. The molecule has 39 heavy (non-hydrogen) atoms. The molecular weight excluding hydrogens is 530 g/mol. The van der Waals surface area contributed by atoms with Crippen LogP contribution in [0, 0.1) is 17.0 Å². The molecule has 1 fully saturated rings. The van der Waals surface area contributed by atoms with Crippen LogP contribution in [0.25, 0.3) is 6.08 Å². The monoisotopic (exact) mass is 551 g/mol. The number of benzene rings is 3. The topological polar surface area (TPSA) is 162 Å². The lowest BCUT2D eigenvalue weighted by Gasteiger charge is -2.26. The molecule has 3 aromatic carbocycles. The first-order valence-corrected chi connectivity index (χ1v) is 12.8. The van der Waals surface area contributed by atoms with Crippen molar-refractivity contribution in [1.82, 2.24) is 5.32 Å². The van der Waals surface area contributed by atoms with Gasteiger partial charge in [0, 0.05) is 12.1 Å². The van der Waals surface area contributed by atoms with Crippen LogP contribution in [0.2, 0.25) is 0 Å². The smallest absolute Gasteiger partial charge is 0.339 e. The lowest BCUT2D eigenvalue weighted by Crippen LogP contribution is -2.54. The van der Waals surface area contributed by atoms with Gasteiger partial charge in [0.05, 0.1) is 17.2 Å². The van der Waals surface area contributed by atoms with Gasteiger partial charge in [0.2, 0.25) is 0 Å². The molecule has 200 valence electrons. The maximum Gasteiger partial charge on any atom is 0.339 e. The molecule has 0 bridgehead atoms. The number of carbonyl (C=O) groups is 3. The number of amides is 4. The zero-order valence-corrected chi connectivity index (χ0v) is 21.4. The minimum atomic E-state index is -4.18. The lowest BCUT2D eigenvalue weighted by atomic mass is 10.1. The van der Waals surface area contributed by atoms with Gasteiger partial charge in [0.25, 0.3) is 17.5 Å². The summed E-state index contributed by atoms with van der Waals surface area (Å²) in [5.41, 5.74) is 0.509. The van der Waals surface area contributed by atoms with Crippen molar-refractivity contribution >= 4 is 45.4 Å². The third-order valence-electron chi connectivity index (χ3n) is 5.51. The lowest BCUT2D eigenvalue weighted by molar-refractivity contribution is -0.384. The van der Waals surface area contributed by atoms with Crippen LogP contribution < -0.4 is 19.1 Å². The highest BCUT2D eigenvalue weighted by Crippen LogP contribution is 2.33. The Balaban J connectivity index is 1.66. The fourth-order valence-electron chi connectivity index (χ4n) is 3.60. The van der Waals surface area contributed by atoms with Gasteiger partial charge in [-0.25, -0.2) is 9.69 Å². The van der Waals surface area contributed by atoms with Crippen molar-refractivity contribution in [2.24, 2.45) is 0 Å². The Labute approximate surface area is 222 Å². The minimum absolute atomic E-state index is 0.0153. The number of urea groups is 1. The summed E-state index contributed by atoms with van der Waals surface area (Å²) in [6, 6.07) is 13.8. The molecule has 0 spiro atoms. The second-order valence-corrected chi connectivity index (χ2v) is 9.77. The SMILES string of the molecule is CCOc1cc(/C=C2\C(=O)NC(=O)N(c3ccc([N+](=O)[O-])cc3)C2=O)ccc1OS(=O)(=O)c1ccc(C)cc1. The number of non-ortho nitro benzene ring substituents is 1. The molecule has 0 atom stereocenters. The normalized spacial score (nSPS) is 14.8. The summed E-state index contributed by atoms with van der Waals surface area (Å²) in [7, 11) is -4.18. The van der Waals surface area contributed by atoms with Gasteiger partial charge in [-0.3, -0.25) is 25.0 Å². The van der Waals surface area contributed by atoms with Crippen LogP contribution in [0.1, 0.15) is 18.1 Å². The Bertz CT molecular complexity index is 1610. The number of anilines is 1. The molecule has 3 aromatic rings. The zero-order chi connectivity index (χ0) is 28.3. The van der Waals surface area contributed by atoms with Crippen LogP contribution in [0.3, 0.4) is 0 Å². The summed E-state index contributed by atoms with van der Waals surface area (Å²) in [6.07, 6.45) is 1.20. The second kappa shape index (κ2) is 10.8. The number of imide groups is 2. The molecule has 1 N–H and O–H groups in total. The van der Waals surface area contributed by atoms with Gasteiger partial charge in [-0.15, -0.1) is 0 Å². The summed E-state index contributed by atoms with van der Waals surface area (Å²) < 4.78 is 36.3. The van der Waals surface area contributed by atoms with E-state index in [-0.39, 0.29) is 39.9 Å². The van der Waals surface area contributed by atoms with Gasteiger partial charge in [-0.05, 0) is 61.9 Å². The number of nitrogens with zero attached hydrogens (tertiary/aromatic N) is 2. The van der Waals surface area contributed by atoms with E-state index in [0.29, 0.717) is 4.90 Å². The molecule has 0 aliphatic carbocycles. The Morgan fingerprint density at radius 2 is 1.64 bits per heavy atom. The number of ether oxygens (including phenoxy) is 1. The van der Waals surface area contributed by atoms with Crippen molar-refractivity contribution in [2.45, 2.75) is 18.7 Å². The van der Waals surface area contributed by atoms with E-state index in [0.717, 1.165) is 17.7 Å². The van der Waals surface area contributed by atoms with E-state index in [2.05, 4.69) is 5.32 Å². The Kier molecular flexibility index (Phi) is 7.44. The first kappa shape index (κ1) is 27.0. The molecule has 4 rings (SSSR count). The van der Waals surface area contributed by atoms with Crippen LogP contribution in [-0.2, 0) is 19.7 Å². The average molecular weight is 552 g/mol. The Hall–Kier alpha value is -5.04. The van der Waals surface area contributed by atoms with E-state index in [4.69, 9.17) is 8.92 Å².